The molecule has 5 heteroatoms. The van der Waals surface area contributed by atoms with Crippen LogP contribution in [0.5, 0.6) is 0 Å². The maximum absolute atomic E-state index is 4.17. The Balaban J connectivity index is 2.02. The first-order chi connectivity index (χ1) is 6.25. The first-order valence-corrected chi connectivity index (χ1v) is 6.04. The molecule has 0 aromatic carbocycles. The first kappa shape index (κ1) is 9.55. The van der Waals surface area contributed by atoms with E-state index in [1.165, 1.54) is 30.9 Å². The van der Waals surface area contributed by atoms with Gasteiger partial charge in [-0.25, -0.2) is 0 Å². The van der Waals surface area contributed by atoms with Crippen molar-refractivity contribution in [2.75, 3.05) is 20.1 Å². The molecule has 1 aliphatic rings. The molecule has 13 heavy (non-hydrogen) atoms. The standard InChI is InChI=1S/C8H12BrN3S/c1-12-4-2-6(3-5-12)7-10-11-8(9)13-7/h6H,2-5H2,1H3. The van der Waals surface area contributed by atoms with Gasteiger partial charge in [-0.2, -0.15) is 0 Å². The van der Waals surface area contributed by atoms with Crippen LogP contribution in [0.3, 0.4) is 0 Å². The van der Waals surface area contributed by atoms with Gasteiger partial charge in [-0.1, -0.05) is 11.3 Å². The SMILES string of the molecule is CN1CCC(c2nnc(Br)s2)CC1. The van der Waals surface area contributed by atoms with Crippen LogP contribution in [-0.2, 0) is 0 Å². The van der Waals surface area contributed by atoms with Crippen molar-refractivity contribution in [3.63, 3.8) is 0 Å². The molecule has 0 spiro atoms. The number of hydrogen-bond acceptors (Lipinski definition) is 4. The van der Waals surface area contributed by atoms with Gasteiger partial charge in [0.2, 0.25) is 0 Å². The summed E-state index contributed by atoms with van der Waals surface area (Å²) in [5.41, 5.74) is 0. The summed E-state index contributed by atoms with van der Waals surface area (Å²) in [4.78, 5) is 2.37. The van der Waals surface area contributed by atoms with Gasteiger partial charge in [0, 0.05) is 5.92 Å². The zero-order chi connectivity index (χ0) is 9.26. The van der Waals surface area contributed by atoms with Crippen molar-refractivity contribution in [1.29, 1.82) is 0 Å². The molecule has 0 bridgehead atoms. The van der Waals surface area contributed by atoms with Crippen LogP contribution in [-0.4, -0.2) is 35.2 Å². The number of aromatic nitrogens is 2. The lowest BCUT2D eigenvalue weighted by atomic mass is 9.98. The Kier molecular flexibility index (Phi) is 2.96. The zero-order valence-electron chi connectivity index (χ0n) is 7.53. The smallest absolute Gasteiger partial charge is 0.183 e. The second kappa shape index (κ2) is 4.02. The lowest BCUT2D eigenvalue weighted by molar-refractivity contribution is 0.255. The topological polar surface area (TPSA) is 29.0 Å². The number of hydrogen-bond donors (Lipinski definition) is 0. The van der Waals surface area contributed by atoms with Gasteiger partial charge in [0.05, 0.1) is 0 Å². The molecule has 0 amide bonds. The number of likely N-dealkylation sites (tertiary alicyclic amines) is 1. The van der Waals surface area contributed by atoms with Gasteiger partial charge >= 0.3 is 0 Å². The normalized spacial score (nSPS) is 20.8. The number of nitrogens with zero attached hydrogens (tertiary/aromatic N) is 3. The minimum Gasteiger partial charge on any atom is -0.306 e. The van der Waals surface area contributed by atoms with E-state index in [9.17, 15) is 0 Å². The van der Waals surface area contributed by atoms with E-state index >= 15 is 0 Å². The Bertz CT molecular complexity index is 281. The van der Waals surface area contributed by atoms with E-state index in [2.05, 4.69) is 38.1 Å². The predicted molar refractivity (Wildman–Crippen MR) is 57.1 cm³/mol. The lowest BCUT2D eigenvalue weighted by Crippen LogP contribution is -2.29. The summed E-state index contributed by atoms with van der Waals surface area (Å²) >= 11 is 5.02. The van der Waals surface area contributed by atoms with E-state index in [4.69, 9.17) is 0 Å². The zero-order valence-corrected chi connectivity index (χ0v) is 9.94. The molecular weight excluding hydrogens is 250 g/mol. The number of piperidine rings is 1. The Morgan fingerprint density at radius 3 is 2.62 bits per heavy atom. The van der Waals surface area contributed by atoms with Crippen LogP contribution in [0.2, 0.25) is 0 Å². The number of halogens is 1. The Labute approximate surface area is 90.3 Å². The highest BCUT2D eigenvalue weighted by molar-refractivity contribution is 9.11. The van der Waals surface area contributed by atoms with Crippen molar-refractivity contribution >= 4 is 27.3 Å². The van der Waals surface area contributed by atoms with Gasteiger partial charge in [-0.05, 0) is 48.9 Å². The van der Waals surface area contributed by atoms with Crippen LogP contribution in [0.15, 0.2) is 3.92 Å². The van der Waals surface area contributed by atoms with E-state index in [0.717, 1.165) is 3.92 Å². The highest BCUT2D eigenvalue weighted by Crippen LogP contribution is 2.30. The molecular formula is C8H12BrN3S. The van der Waals surface area contributed by atoms with Crippen molar-refractivity contribution in [2.45, 2.75) is 18.8 Å². The third-order valence-corrected chi connectivity index (χ3v) is 4.00. The molecule has 72 valence electrons. The molecule has 0 atom stereocenters. The monoisotopic (exact) mass is 261 g/mol. The molecule has 0 radical (unpaired) electrons. The highest BCUT2D eigenvalue weighted by Gasteiger charge is 2.21. The molecule has 1 aromatic rings. The molecule has 1 aromatic heterocycles. The van der Waals surface area contributed by atoms with E-state index in [1.54, 1.807) is 11.3 Å². The average molecular weight is 262 g/mol. The second-order valence-electron chi connectivity index (χ2n) is 3.47. The van der Waals surface area contributed by atoms with Crippen molar-refractivity contribution in [2.24, 2.45) is 0 Å². The van der Waals surface area contributed by atoms with Crippen molar-refractivity contribution in [1.82, 2.24) is 15.1 Å². The van der Waals surface area contributed by atoms with Crippen LogP contribution >= 0.6 is 27.3 Å². The third-order valence-electron chi connectivity index (χ3n) is 2.48. The van der Waals surface area contributed by atoms with Gasteiger partial charge in [-0.15, -0.1) is 10.2 Å². The van der Waals surface area contributed by atoms with Gasteiger partial charge in [0.15, 0.2) is 3.92 Å². The van der Waals surface area contributed by atoms with Crippen molar-refractivity contribution in [3.05, 3.63) is 8.92 Å². The molecule has 3 nitrogen and oxygen atoms in total. The lowest BCUT2D eigenvalue weighted by Gasteiger charge is -2.27. The summed E-state index contributed by atoms with van der Waals surface area (Å²) in [5.74, 6) is 0.639. The Hall–Kier alpha value is -0.0000000000000000833. The summed E-state index contributed by atoms with van der Waals surface area (Å²) in [7, 11) is 2.17. The van der Waals surface area contributed by atoms with E-state index < -0.39 is 0 Å². The van der Waals surface area contributed by atoms with Crippen LogP contribution in [0.25, 0.3) is 0 Å². The highest BCUT2D eigenvalue weighted by atomic mass is 79.9. The van der Waals surface area contributed by atoms with Crippen LogP contribution in [0.4, 0.5) is 0 Å². The first-order valence-electron chi connectivity index (χ1n) is 4.43. The van der Waals surface area contributed by atoms with Crippen LogP contribution in [0, 0.1) is 0 Å². The molecule has 2 heterocycles. The van der Waals surface area contributed by atoms with E-state index in [-0.39, 0.29) is 0 Å². The molecule has 0 saturated carbocycles. The fraction of sp³-hybridized carbons (Fsp3) is 0.750. The molecule has 1 fully saturated rings. The maximum Gasteiger partial charge on any atom is 0.183 e. The maximum atomic E-state index is 4.17. The van der Waals surface area contributed by atoms with Crippen LogP contribution < -0.4 is 0 Å². The Morgan fingerprint density at radius 1 is 1.38 bits per heavy atom. The average Bonchev–Trinajstić information content (AvgIpc) is 2.53. The molecule has 0 N–H and O–H groups in total. The minimum absolute atomic E-state index is 0.639. The fourth-order valence-corrected chi connectivity index (χ4v) is 2.95. The summed E-state index contributed by atoms with van der Waals surface area (Å²) in [6, 6.07) is 0. The number of rotatable bonds is 1. The summed E-state index contributed by atoms with van der Waals surface area (Å²) in [6.45, 7) is 2.36. The van der Waals surface area contributed by atoms with Gasteiger partial charge in [-0.3, -0.25) is 0 Å². The van der Waals surface area contributed by atoms with Gasteiger partial charge in [0.1, 0.15) is 5.01 Å². The van der Waals surface area contributed by atoms with E-state index in [0.29, 0.717) is 5.92 Å². The predicted octanol–water partition coefficient (Wildman–Crippen LogP) is 2.11. The quantitative estimate of drug-likeness (QED) is 0.776. The molecule has 0 aliphatic carbocycles. The summed E-state index contributed by atoms with van der Waals surface area (Å²) in [6.07, 6.45) is 2.44. The summed E-state index contributed by atoms with van der Waals surface area (Å²) in [5, 5.41) is 9.34. The fourth-order valence-electron chi connectivity index (χ4n) is 1.64. The molecule has 0 unspecified atom stereocenters. The van der Waals surface area contributed by atoms with Crippen molar-refractivity contribution < 1.29 is 0 Å². The van der Waals surface area contributed by atoms with Gasteiger partial charge < -0.3 is 4.90 Å². The Morgan fingerprint density at radius 2 is 2.08 bits per heavy atom. The molecule has 2 rings (SSSR count). The van der Waals surface area contributed by atoms with E-state index in [1.807, 2.05) is 0 Å². The third kappa shape index (κ3) is 2.27. The largest absolute Gasteiger partial charge is 0.306 e. The molecule has 1 aliphatic heterocycles. The van der Waals surface area contributed by atoms with Crippen LogP contribution in [0.1, 0.15) is 23.8 Å². The molecule has 1 saturated heterocycles. The summed E-state index contributed by atoms with van der Waals surface area (Å²) < 4.78 is 0.904. The minimum atomic E-state index is 0.639. The second-order valence-corrected chi connectivity index (χ2v) is 5.76. The van der Waals surface area contributed by atoms with Gasteiger partial charge in [0.25, 0.3) is 0 Å². The van der Waals surface area contributed by atoms with Crippen molar-refractivity contribution in [3.8, 4) is 0 Å².